The lowest BCUT2D eigenvalue weighted by Gasteiger charge is -2.35. The minimum absolute atomic E-state index is 0.112. The molecule has 0 bridgehead atoms. The van der Waals surface area contributed by atoms with Gasteiger partial charge in [0.15, 0.2) is 0 Å². The monoisotopic (exact) mass is 183 g/mol. The van der Waals surface area contributed by atoms with Gasteiger partial charge in [-0.05, 0) is 18.9 Å². The first kappa shape index (κ1) is 8.81. The van der Waals surface area contributed by atoms with Crippen LogP contribution in [0.1, 0.15) is 13.3 Å². The molecule has 4 nitrogen and oxygen atoms in total. The highest BCUT2D eigenvalue weighted by molar-refractivity contribution is 5.76. The predicted molar refractivity (Wildman–Crippen MR) is 50.5 cm³/mol. The molecule has 2 amide bonds. The van der Waals surface area contributed by atoms with E-state index in [1.165, 1.54) is 6.42 Å². The molecule has 2 unspecified atom stereocenters. The van der Waals surface area contributed by atoms with Gasteiger partial charge in [0.1, 0.15) is 0 Å². The maximum absolute atomic E-state index is 11.4. The number of hydrogen-bond acceptors (Lipinski definition) is 2. The van der Waals surface area contributed by atoms with Crippen LogP contribution in [0.3, 0.4) is 0 Å². The molecule has 4 heteroatoms. The molecule has 2 N–H and O–H groups in total. The Kier molecular flexibility index (Phi) is 2.40. The van der Waals surface area contributed by atoms with Crippen LogP contribution in [-0.4, -0.2) is 43.2 Å². The third-order valence-electron chi connectivity index (χ3n) is 3.08. The number of rotatable bonds is 1. The van der Waals surface area contributed by atoms with Crippen LogP contribution in [0.2, 0.25) is 0 Å². The fraction of sp³-hybridized carbons (Fsp3) is 0.889. The van der Waals surface area contributed by atoms with Gasteiger partial charge in [-0.1, -0.05) is 6.92 Å². The van der Waals surface area contributed by atoms with Crippen LogP contribution < -0.4 is 10.6 Å². The first-order chi connectivity index (χ1) is 6.29. The van der Waals surface area contributed by atoms with Gasteiger partial charge in [-0.3, -0.25) is 0 Å². The summed E-state index contributed by atoms with van der Waals surface area (Å²) in [6.45, 7) is 5.95. The Bertz CT molecular complexity index is 207. The van der Waals surface area contributed by atoms with E-state index < -0.39 is 0 Å². The van der Waals surface area contributed by atoms with Crippen molar-refractivity contribution < 1.29 is 4.79 Å². The molecule has 2 saturated heterocycles. The Labute approximate surface area is 78.7 Å². The van der Waals surface area contributed by atoms with Gasteiger partial charge in [0.25, 0.3) is 0 Å². The van der Waals surface area contributed by atoms with E-state index in [4.69, 9.17) is 0 Å². The molecule has 74 valence electrons. The zero-order chi connectivity index (χ0) is 9.26. The van der Waals surface area contributed by atoms with Crippen LogP contribution in [0.5, 0.6) is 0 Å². The first-order valence-electron chi connectivity index (χ1n) is 5.04. The maximum atomic E-state index is 11.4. The predicted octanol–water partition coefficient (Wildman–Crippen LogP) is 0.00960. The summed E-state index contributed by atoms with van der Waals surface area (Å²) in [4.78, 5) is 13.4. The van der Waals surface area contributed by atoms with Crippen molar-refractivity contribution in [1.82, 2.24) is 15.5 Å². The number of carbonyl (C=O) groups is 1. The molecule has 2 rings (SSSR count). The Morgan fingerprint density at radius 1 is 1.46 bits per heavy atom. The third-order valence-corrected chi connectivity index (χ3v) is 3.08. The number of nitrogens with one attached hydrogen (secondary N) is 2. The molecule has 0 saturated carbocycles. The van der Waals surface area contributed by atoms with Gasteiger partial charge in [0.05, 0.1) is 0 Å². The highest BCUT2D eigenvalue weighted by Gasteiger charge is 2.32. The van der Waals surface area contributed by atoms with Crippen LogP contribution in [0.4, 0.5) is 4.79 Å². The number of piperidine rings is 1. The molecule has 0 spiro atoms. The molecule has 0 radical (unpaired) electrons. The summed E-state index contributed by atoms with van der Waals surface area (Å²) in [5.41, 5.74) is 0. The van der Waals surface area contributed by atoms with E-state index in [-0.39, 0.29) is 6.03 Å². The fourth-order valence-corrected chi connectivity index (χ4v) is 2.19. The standard InChI is InChI=1S/C9H17N3O/c1-7-2-3-10-6-8(7)12-5-4-11-9(12)13/h7-8,10H,2-6H2,1H3,(H,11,13). The molecule has 0 aromatic carbocycles. The highest BCUT2D eigenvalue weighted by atomic mass is 16.2. The van der Waals surface area contributed by atoms with Crippen molar-refractivity contribution in [3.63, 3.8) is 0 Å². The van der Waals surface area contributed by atoms with Gasteiger partial charge in [-0.2, -0.15) is 0 Å². The minimum atomic E-state index is 0.112. The lowest BCUT2D eigenvalue weighted by molar-refractivity contribution is 0.156. The lowest BCUT2D eigenvalue weighted by atomic mass is 9.94. The normalized spacial score (nSPS) is 34.8. The van der Waals surface area contributed by atoms with E-state index in [9.17, 15) is 4.79 Å². The van der Waals surface area contributed by atoms with Crippen LogP contribution in [0.25, 0.3) is 0 Å². The number of hydrogen-bond donors (Lipinski definition) is 2. The molecular formula is C9H17N3O. The average molecular weight is 183 g/mol. The molecule has 2 aliphatic rings. The Hall–Kier alpha value is -0.770. The first-order valence-corrected chi connectivity index (χ1v) is 5.04. The summed E-state index contributed by atoms with van der Waals surface area (Å²) in [7, 11) is 0. The summed E-state index contributed by atoms with van der Waals surface area (Å²) in [5, 5.41) is 6.19. The number of urea groups is 1. The zero-order valence-corrected chi connectivity index (χ0v) is 8.05. The number of nitrogens with zero attached hydrogens (tertiary/aromatic N) is 1. The maximum Gasteiger partial charge on any atom is 0.317 e. The second kappa shape index (κ2) is 3.54. The van der Waals surface area contributed by atoms with E-state index in [0.29, 0.717) is 12.0 Å². The van der Waals surface area contributed by atoms with E-state index in [1.807, 2.05) is 4.90 Å². The molecular weight excluding hydrogens is 166 g/mol. The SMILES string of the molecule is CC1CCNCC1N1CCNC1=O. The Balaban J connectivity index is 2.01. The molecule has 2 fully saturated rings. The van der Waals surface area contributed by atoms with Crippen molar-refractivity contribution in [3.05, 3.63) is 0 Å². The van der Waals surface area contributed by atoms with Crippen molar-refractivity contribution in [1.29, 1.82) is 0 Å². The van der Waals surface area contributed by atoms with E-state index in [1.54, 1.807) is 0 Å². The lowest BCUT2D eigenvalue weighted by Crippen LogP contribution is -2.51. The minimum Gasteiger partial charge on any atom is -0.336 e. The molecule has 0 aliphatic carbocycles. The van der Waals surface area contributed by atoms with Gasteiger partial charge < -0.3 is 15.5 Å². The fourth-order valence-electron chi connectivity index (χ4n) is 2.19. The second-order valence-electron chi connectivity index (χ2n) is 3.96. The average Bonchev–Trinajstić information content (AvgIpc) is 2.52. The molecule has 0 aromatic rings. The van der Waals surface area contributed by atoms with Crippen molar-refractivity contribution in [2.75, 3.05) is 26.2 Å². The third kappa shape index (κ3) is 1.63. The highest BCUT2D eigenvalue weighted by Crippen LogP contribution is 2.18. The van der Waals surface area contributed by atoms with Crippen molar-refractivity contribution >= 4 is 6.03 Å². The summed E-state index contributed by atoms with van der Waals surface area (Å²) in [6.07, 6.45) is 1.18. The second-order valence-corrected chi connectivity index (χ2v) is 3.96. The van der Waals surface area contributed by atoms with E-state index in [0.717, 1.165) is 26.2 Å². The summed E-state index contributed by atoms with van der Waals surface area (Å²) < 4.78 is 0. The van der Waals surface area contributed by atoms with Gasteiger partial charge in [0, 0.05) is 25.7 Å². The van der Waals surface area contributed by atoms with Gasteiger partial charge >= 0.3 is 6.03 Å². The number of carbonyl (C=O) groups excluding carboxylic acids is 1. The quantitative estimate of drug-likeness (QED) is 0.601. The van der Waals surface area contributed by atoms with Crippen LogP contribution >= 0.6 is 0 Å². The number of amides is 2. The van der Waals surface area contributed by atoms with Crippen molar-refractivity contribution in [2.45, 2.75) is 19.4 Å². The Morgan fingerprint density at radius 3 is 2.92 bits per heavy atom. The Morgan fingerprint density at radius 2 is 2.31 bits per heavy atom. The van der Waals surface area contributed by atoms with Gasteiger partial charge in [-0.15, -0.1) is 0 Å². The van der Waals surface area contributed by atoms with Crippen molar-refractivity contribution in [3.8, 4) is 0 Å². The topological polar surface area (TPSA) is 44.4 Å². The van der Waals surface area contributed by atoms with Gasteiger partial charge in [-0.25, -0.2) is 4.79 Å². The summed E-state index contributed by atoms with van der Waals surface area (Å²) in [6, 6.07) is 0.511. The molecule has 2 atom stereocenters. The smallest absolute Gasteiger partial charge is 0.317 e. The molecule has 2 aliphatic heterocycles. The van der Waals surface area contributed by atoms with Crippen LogP contribution in [0.15, 0.2) is 0 Å². The summed E-state index contributed by atoms with van der Waals surface area (Å²) >= 11 is 0. The van der Waals surface area contributed by atoms with Crippen molar-refractivity contribution in [2.24, 2.45) is 5.92 Å². The van der Waals surface area contributed by atoms with E-state index >= 15 is 0 Å². The van der Waals surface area contributed by atoms with E-state index in [2.05, 4.69) is 17.6 Å². The van der Waals surface area contributed by atoms with Crippen LogP contribution in [-0.2, 0) is 0 Å². The molecule has 2 heterocycles. The van der Waals surface area contributed by atoms with Gasteiger partial charge in [0.2, 0.25) is 0 Å². The summed E-state index contributed by atoms with van der Waals surface area (Å²) in [5.74, 6) is 0.630. The molecule has 0 aromatic heterocycles. The van der Waals surface area contributed by atoms with Crippen LogP contribution in [0, 0.1) is 5.92 Å². The largest absolute Gasteiger partial charge is 0.336 e. The zero-order valence-electron chi connectivity index (χ0n) is 8.05. The molecule has 13 heavy (non-hydrogen) atoms.